The number of carbonyl (C=O) groups excluding carboxylic acids is 1. The van der Waals surface area contributed by atoms with E-state index in [1.54, 1.807) is 18.5 Å². The van der Waals surface area contributed by atoms with E-state index in [2.05, 4.69) is 31.5 Å². The lowest BCUT2D eigenvalue weighted by Crippen LogP contribution is -2.26. The topological polar surface area (TPSA) is 86.5 Å². The minimum Gasteiger partial charge on any atom is -0.361 e. The fourth-order valence-electron chi connectivity index (χ4n) is 2.81. The number of aromatic nitrogens is 4. The summed E-state index contributed by atoms with van der Waals surface area (Å²) >= 11 is 0. The molecule has 0 fully saturated rings. The highest BCUT2D eigenvalue weighted by Crippen LogP contribution is 2.20. The number of benzene rings is 1. The molecule has 4 rings (SSSR count). The second-order valence-electron chi connectivity index (χ2n) is 5.92. The third-order valence-electron chi connectivity index (χ3n) is 4.22. The molecule has 4 aromatic rings. The molecule has 0 spiro atoms. The summed E-state index contributed by atoms with van der Waals surface area (Å²) in [6, 6.07) is 13.5. The summed E-state index contributed by atoms with van der Waals surface area (Å²) in [5.74, 6) is -0.186. The Morgan fingerprint density at radius 2 is 1.96 bits per heavy atom. The second-order valence-corrected chi connectivity index (χ2v) is 5.92. The zero-order valence-corrected chi connectivity index (χ0v) is 13.7. The minimum absolute atomic E-state index is 0.112. The summed E-state index contributed by atoms with van der Waals surface area (Å²) in [6.45, 7) is 1.96. The molecular weight excluding hydrogens is 314 g/mol. The van der Waals surface area contributed by atoms with E-state index in [0.29, 0.717) is 11.4 Å². The summed E-state index contributed by atoms with van der Waals surface area (Å²) in [5, 5.41) is 11.1. The number of nitrogens with one attached hydrogen (secondary N) is 3. The number of hydrogen-bond donors (Lipinski definition) is 3. The quantitative estimate of drug-likeness (QED) is 0.535. The zero-order valence-electron chi connectivity index (χ0n) is 13.7. The van der Waals surface area contributed by atoms with Crippen LogP contribution in [-0.4, -0.2) is 26.1 Å². The summed E-state index contributed by atoms with van der Waals surface area (Å²) in [7, 11) is 0. The number of hydrogen-bond acceptors (Lipinski definition) is 3. The van der Waals surface area contributed by atoms with Gasteiger partial charge in [0, 0.05) is 29.7 Å². The lowest BCUT2D eigenvalue weighted by Gasteiger charge is -2.13. The molecule has 6 nitrogen and oxygen atoms in total. The van der Waals surface area contributed by atoms with Crippen molar-refractivity contribution in [2.24, 2.45) is 0 Å². The molecule has 1 aromatic carbocycles. The molecule has 0 aliphatic carbocycles. The number of carbonyl (C=O) groups is 1. The lowest BCUT2D eigenvalue weighted by atomic mass is 10.1. The normalized spacial score (nSPS) is 12.2. The molecule has 0 aliphatic rings. The minimum atomic E-state index is -0.186. The largest absolute Gasteiger partial charge is 0.361 e. The average Bonchev–Trinajstić information content (AvgIpc) is 3.31. The van der Waals surface area contributed by atoms with Gasteiger partial charge in [-0.15, -0.1) is 0 Å². The van der Waals surface area contributed by atoms with Crippen molar-refractivity contribution in [3.8, 4) is 11.3 Å². The van der Waals surface area contributed by atoms with E-state index in [4.69, 9.17) is 0 Å². The van der Waals surface area contributed by atoms with Gasteiger partial charge in [-0.3, -0.25) is 14.9 Å². The Kier molecular flexibility index (Phi) is 3.78. The number of H-pyrrole nitrogens is 2. The Balaban J connectivity index is 1.50. The molecule has 3 heterocycles. The molecule has 124 valence electrons. The Morgan fingerprint density at radius 1 is 1.12 bits per heavy atom. The van der Waals surface area contributed by atoms with Crippen LogP contribution in [0.3, 0.4) is 0 Å². The molecule has 0 saturated carbocycles. The lowest BCUT2D eigenvalue weighted by molar-refractivity contribution is 0.0935. The maximum Gasteiger partial charge on any atom is 0.269 e. The van der Waals surface area contributed by atoms with Crippen molar-refractivity contribution in [1.29, 1.82) is 0 Å². The van der Waals surface area contributed by atoms with Crippen LogP contribution >= 0.6 is 0 Å². The second kappa shape index (κ2) is 6.24. The standard InChI is InChI=1S/C19H17N5O/c1-12(14-2-3-16-15(10-14)6-9-21-16)22-19(25)18-11-17(23-24-18)13-4-7-20-8-5-13/h2-12,21H,1H3,(H,22,25)(H,23,24). The van der Waals surface area contributed by atoms with Crippen molar-refractivity contribution in [3.05, 3.63) is 72.3 Å². The van der Waals surface area contributed by atoms with Gasteiger partial charge in [0.2, 0.25) is 0 Å². The van der Waals surface area contributed by atoms with Gasteiger partial charge in [-0.1, -0.05) is 6.07 Å². The Labute approximate surface area is 144 Å². The number of pyridine rings is 1. The number of nitrogens with zero attached hydrogens (tertiary/aromatic N) is 2. The first kappa shape index (κ1) is 15.1. The van der Waals surface area contributed by atoms with Crippen molar-refractivity contribution in [3.63, 3.8) is 0 Å². The summed E-state index contributed by atoms with van der Waals surface area (Å²) < 4.78 is 0. The highest BCUT2D eigenvalue weighted by Gasteiger charge is 2.15. The van der Waals surface area contributed by atoms with Crippen molar-refractivity contribution in [2.75, 3.05) is 0 Å². The SMILES string of the molecule is CC(NC(=O)c1cc(-c2ccncc2)n[nH]1)c1ccc2[nH]ccc2c1. The predicted octanol–water partition coefficient (Wildman–Crippen LogP) is 3.44. The van der Waals surface area contributed by atoms with Gasteiger partial charge < -0.3 is 10.3 Å². The van der Waals surface area contributed by atoms with E-state index >= 15 is 0 Å². The van der Waals surface area contributed by atoms with Gasteiger partial charge in [0.25, 0.3) is 5.91 Å². The molecule has 3 aromatic heterocycles. The van der Waals surface area contributed by atoms with Crippen LogP contribution in [0.1, 0.15) is 29.0 Å². The average molecular weight is 331 g/mol. The Bertz CT molecular complexity index is 1020. The van der Waals surface area contributed by atoms with E-state index in [1.165, 1.54) is 0 Å². The maximum atomic E-state index is 12.5. The highest BCUT2D eigenvalue weighted by molar-refractivity contribution is 5.93. The van der Waals surface area contributed by atoms with E-state index in [-0.39, 0.29) is 11.9 Å². The van der Waals surface area contributed by atoms with Gasteiger partial charge in [0.15, 0.2) is 0 Å². The van der Waals surface area contributed by atoms with Crippen LogP contribution in [0, 0.1) is 0 Å². The van der Waals surface area contributed by atoms with Crippen molar-refractivity contribution in [1.82, 2.24) is 25.5 Å². The van der Waals surface area contributed by atoms with Gasteiger partial charge in [-0.25, -0.2) is 0 Å². The molecule has 0 bridgehead atoms. The Hall–Kier alpha value is -3.41. The van der Waals surface area contributed by atoms with Gasteiger partial charge in [-0.05, 0) is 54.3 Å². The molecule has 0 aliphatic heterocycles. The maximum absolute atomic E-state index is 12.5. The summed E-state index contributed by atoms with van der Waals surface area (Å²) in [5.41, 5.74) is 4.19. The van der Waals surface area contributed by atoms with Gasteiger partial charge in [0.1, 0.15) is 5.69 Å². The van der Waals surface area contributed by atoms with Gasteiger partial charge in [-0.2, -0.15) is 5.10 Å². The zero-order chi connectivity index (χ0) is 17.2. The van der Waals surface area contributed by atoms with E-state index in [9.17, 15) is 4.79 Å². The van der Waals surface area contributed by atoms with Crippen LogP contribution < -0.4 is 5.32 Å². The van der Waals surface area contributed by atoms with E-state index in [1.807, 2.05) is 43.5 Å². The van der Waals surface area contributed by atoms with E-state index < -0.39 is 0 Å². The fourth-order valence-corrected chi connectivity index (χ4v) is 2.81. The van der Waals surface area contributed by atoms with Crippen LogP contribution in [0.15, 0.2) is 61.1 Å². The summed E-state index contributed by atoms with van der Waals surface area (Å²) in [4.78, 5) is 19.6. The number of rotatable bonds is 4. The van der Waals surface area contributed by atoms with Crippen LogP contribution in [0.4, 0.5) is 0 Å². The third kappa shape index (κ3) is 3.01. The van der Waals surface area contributed by atoms with Crippen molar-refractivity contribution in [2.45, 2.75) is 13.0 Å². The Morgan fingerprint density at radius 3 is 2.80 bits per heavy atom. The van der Waals surface area contributed by atoms with Crippen molar-refractivity contribution < 1.29 is 4.79 Å². The first-order valence-electron chi connectivity index (χ1n) is 8.04. The number of amides is 1. The third-order valence-corrected chi connectivity index (χ3v) is 4.22. The van der Waals surface area contributed by atoms with Gasteiger partial charge in [0.05, 0.1) is 11.7 Å². The fraction of sp³-hybridized carbons (Fsp3) is 0.105. The number of aromatic amines is 2. The first-order chi connectivity index (χ1) is 12.2. The first-order valence-corrected chi connectivity index (χ1v) is 8.04. The summed E-state index contributed by atoms with van der Waals surface area (Å²) in [6.07, 6.45) is 5.30. The molecule has 25 heavy (non-hydrogen) atoms. The van der Waals surface area contributed by atoms with Crippen LogP contribution in [0.2, 0.25) is 0 Å². The molecule has 0 radical (unpaired) electrons. The predicted molar refractivity (Wildman–Crippen MR) is 96.0 cm³/mol. The molecule has 3 N–H and O–H groups in total. The molecule has 0 saturated heterocycles. The molecule has 1 atom stereocenters. The van der Waals surface area contributed by atoms with Crippen LogP contribution in [0.5, 0.6) is 0 Å². The number of fused-ring (bicyclic) bond motifs is 1. The van der Waals surface area contributed by atoms with Crippen LogP contribution in [-0.2, 0) is 0 Å². The smallest absolute Gasteiger partial charge is 0.269 e. The van der Waals surface area contributed by atoms with Gasteiger partial charge >= 0.3 is 0 Å². The monoisotopic (exact) mass is 331 g/mol. The molecular formula is C19H17N5O. The van der Waals surface area contributed by atoms with Crippen molar-refractivity contribution >= 4 is 16.8 Å². The highest BCUT2D eigenvalue weighted by atomic mass is 16.2. The molecule has 1 amide bonds. The van der Waals surface area contributed by atoms with E-state index in [0.717, 1.165) is 22.0 Å². The molecule has 6 heteroatoms. The molecule has 1 unspecified atom stereocenters. The van der Waals surface area contributed by atoms with Crippen LogP contribution in [0.25, 0.3) is 22.2 Å².